The van der Waals surface area contributed by atoms with Crippen LogP contribution in [0.25, 0.3) is 0 Å². The number of hydrogen-bond acceptors (Lipinski definition) is 2. The topological polar surface area (TPSA) is 15.3 Å². The zero-order valence-corrected chi connectivity index (χ0v) is 11.5. The Morgan fingerprint density at radius 2 is 2.00 bits per heavy atom. The minimum absolute atomic E-state index is 0.159. The Hall–Kier alpha value is -0.930. The van der Waals surface area contributed by atoms with Crippen LogP contribution >= 0.6 is 0 Å². The number of nitrogens with zero attached hydrogens (tertiary/aromatic N) is 1. The normalized spacial score (nSPS) is 25.6. The summed E-state index contributed by atoms with van der Waals surface area (Å²) in [7, 11) is 0. The van der Waals surface area contributed by atoms with E-state index < -0.39 is 0 Å². The largest absolute Gasteiger partial charge is 0.311 e. The second kappa shape index (κ2) is 5.81. The predicted molar refractivity (Wildman–Crippen MR) is 72.9 cm³/mol. The molecule has 2 atom stereocenters. The standard InChI is InChI=1S/C15H23FN2/c1-11(2)15-8-17-12(3)9-18(15)10-13-4-6-14(16)7-5-13/h4-7,11-12,15,17H,8-10H2,1-3H3. The SMILES string of the molecule is CC1CN(Cc2ccc(F)cc2)C(C(C)C)CN1. The second-order valence-electron chi connectivity index (χ2n) is 5.68. The van der Waals surface area contributed by atoms with E-state index in [4.69, 9.17) is 0 Å². The van der Waals surface area contributed by atoms with Crippen molar-refractivity contribution < 1.29 is 4.39 Å². The van der Waals surface area contributed by atoms with E-state index in [1.807, 2.05) is 12.1 Å². The third kappa shape index (κ3) is 3.30. The lowest BCUT2D eigenvalue weighted by Crippen LogP contribution is -2.56. The molecule has 100 valence electrons. The van der Waals surface area contributed by atoms with Crippen molar-refractivity contribution in [2.24, 2.45) is 5.92 Å². The van der Waals surface area contributed by atoms with Crippen molar-refractivity contribution >= 4 is 0 Å². The van der Waals surface area contributed by atoms with Gasteiger partial charge in [0.25, 0.3) is 0 Å². The number of benzene rings is 1. The molecule has 18 heavy (non-hydrogen) atoms. The van der Waals surface area contributed by atoms with Crippen LogP contribution in [0.4, 0.5) is 4.39 Å². The lowest BCUT2D eigenvalue weighted by Gasteiger charge is -2.41. The van der Waals surface area contributed by atoms with Crippen molar-refractivity contribution in [3.8, 4) is 0 Å². The zero-order valence-electron chi connectivity index (χ0n) is 11.5. The van der Waals surface area contributed by atoms with E-state index in [9.17, 15) is 4.39 Å². The summed E-state index contributed by atoms with van der Waals surface area (Å²) in [6.45, 7) is 9.75. The van der Waals surface area contributed by atoms with Gasteiger partial charge >= 0.3 is 0 Å². The average molecular weight is 250 g/mol. The Kier molecular flexibility index (Phi) is 4.36. The molecular formula is C15H23FN2. The zero-order chi connectivity index (χ0) is 13.1. The van der Waals surface area contributed by atoms with E-state index in [0.29, 0.717) is 18.0 Å². The minimum Gasteiger partial charge on any atom is -0.311 e. The van der Waals surface area contributed by atoms with Gasteiger partial charge in [0.1, 0.15) is 5.82 Å². The number of halogens is 1. The quantitative estimate of drug-likeness (QED) is 0.887. The Morgan fingerprint density at radius 3 is 2.61 bits per heavy atom. The summed E-state index contributed by atoms with van der Waals surface area (Å²) < 4.78 is 12.9. The maximum absolute atomic E-state index is 12.9. The highest BCUT2D eigenvalue weighted by molar-refractivity contribution is 5.16. The first kappa shape index (κ1) is 13.5. The van der Waals surface area contributed by atoms with Crippen molar-refractivity contribution in [3.63, 3.8) is 0 Å². The van der Waals surface area contributed by atoms with Crippen molar-refractivity contribution in [2.45, 2.75) is 39.4 Å². The van der Waals surface area contributed by atoms with Gasteiger partial charge < -0.3 is 5.32 Å². The maximum atomic E-state index is 12.9. The number of rotatable bonds is 3. The van der Waals surface area contributed by atoms with E-state index >= 15 is 0 Å². The second-order valence-corrected chi connectivity index (χ2v) is 5.68. The molecule has 0 saturated carbocycles. The molecule has 1 fully saturated rings. The maximum Gasteiger partial charge on any atom is 0.123 e. The summed E-state index contributed by atoms with van der Waals surface area (Å²) in [5.41, 5.74) is 1.19. The summed E-state index contributed by atoms with van der Waals surface area (Å²) in [6, 6.07) is 7.96. The van der Waals surface area contributed by atoms with Gasteiger partial charge in [-0.25, -0.2) is 4.39 Å². The smallest absolute Gasteiger partial charge is 0.123 e. The molecule has 3 heteroatoms. The molecule has 0 bridgehead atoms. The van der Waals surface area contributed by atoms with E-state index in [1.54, 1.807) is 12.1 Å². The molecule has 2 nitrogen and oxygen atoms in total. The summed E-state index contributed by atoms with van der Waals surface area (Å²) >= 11 is 0. The van der Waals surface area contributed by atoms with Crippen LogP contribution in [0.5, 0.6) is 0 Å². The summed E-state index contributed by atoms with van der Waals surface area (Å²) in [5.74, 6) is 0.471. The molecule has 1 aromatic rings. The van der Waals surface area contributed by atoms with Gasteiger partial charge in [0.15, 0.2) is 0 Å². The molecular weight excluding hydrogens is 227 g/mol. The van der Waals surface area contributed by atoms with Crippen LogP contribution in [0, 0.1) is 11.7 Å². The summed E-state index contributed by atoms with van der Waals surface area (Å²) in [4.78, 5) is 2.51. The van der Waals surface area contributed by atoms with Crippen LogP contribution < -0.4 is 5.32 Å². The van der Waals surface area contributed by atoms with Crippen LogP contribution in [0.2, 0.25) is 0 Å². The van der Waals surface area contributed by atoms with Gasteiger partial charge in [-0.3, -0.25) is 4.90 Å². The molecule has 1 aromatic carbocycles. The van der Waals surface area contributed by atoms with Crippen LogP contribution in [0.3, 0.4) is 0 Å². The first-order chi connectivity index (χ1) is 8.56. The molecule has 1 saturated heterocycles. The fourth-order valence-electron chi connectivity index (χ4n) is 2.67. The van der Waals surface area contributed by atoms with E-state index in [2.05, 4.69) is 31.0 Å². The predicted octanol–water partition coefficient (Wildman–Crippen LogP) is 2.64. The van der Waals surface area contributed by atoms with E-state index in [1.165, 1.54) is 5.56 Å². The molecule has 0 aliphatic carbocycles. The van der Waals surface area contributed by atoms with Gasteiger partial charge in [0, 0.05) is 31.7 Å². The van der Waals surface area contributed by atoms with Gasteiger partial charge in [-0.2, -0.15) is 0 Å². The highest BCUT2D eigenvalue weighted by Crippen LogP contribution is 2.18. The first-order valence-corrected chi connectivity index (χ1v) is 6.78. The highest BCUT2D eigenvalue weighted by atomic mass is 19.1. The van der Waals surface area contributed by atoms with Crippen molar-refractivity contribution in [2.75, 3.05) is 13.1 Å². The van der Waals surface area contributed by atoms with Gasteiger partial charge in [-0.1, -0.05) is 26.0 Å². The monoisotopic (exact) mass is 250 g/mol. The molecule has 2 rings (SSSR count). The van der Waals surface area contributed by atoms with Crippen molar-refractivity contribution in [1.29, 1.82) is 0 Å². The number of nitrogens with one attached hydrogen (secondary N) is 1. The van der Waals surface area contributed by atoms with Crippen LogP contribution in [0.1, 0.15) is 26.3 Å². The molecule has 1 aliphatic heterocycles. The van der Waals surface area contributed by atoms with Crippen molar-refractivity contribution in [1.82, 2.24) is 10.2 Å². The fourth-order valence-corrected chi connectivity index (χ4v) is 2.67. The molecule has 1 N–H and O–H groups in total. The minimum atomic E-state index is -0.159. The Morgan fingerprint density at radius 1 is 1.33 bits per heavy atom. The van der Waals surface area contributed by atoms with Crippen LogP contribution in [0.15, 0.2) is 24.3 Å². The molecule has 0 radical (unpaired) electrons. The molecule has 1 heterocycles. The first-order valence-electron chi connectivity index (χ1n) is 6.78. The third-order valence-corrected chi connectivity index (χ3v) is 3.72. The van der Waals surface area contributed by atoms with Crippen LogP contribution in [-0.2, 0) is 6.54 Å². The van der Waals surface area contributed by atoms with Gasteiger partial charge in [0.05, 0.1) is 0 Å². The molecule has 0 aromatic heterocycles. The highest BCUT2D eigenvalue weighted by Gasteiger charge is 2.27. The van der Waals surface area contributed by atoms with Gasteiger partial charge in [-0.05, 0) is 30.5 Å². The van der Waals surface area contributed by atoms with E-state index in [-0.39, 0.29) is 5.82 Å². The Labute approximate surface area is 109 Å². The summed E-state index contributed by atoms with van der Waals surface area (Å²) in [6.07, 6.45) is 0. The molecule has 1 aliphatic rings. The van der Waals surface area contributed by atoms with Gasteiger partial charge in [-0.15, -0.1) is 0 Å². The van der Waals surface area contributed by atoms with E-state index in [0.717, 1.165) is 19.6 Å². The fraction of sp³-hybridized carbons (Fsp3) is 0.600. The van der Waals surface area contributed by atoms with Crippen molar-refractivity contribution in [3.05, 3.63) is 35.6 Å². The molecule has 2 unspecified atom stereocenters. The number of hydrogen-bond donors (Lipinski definition) is 1. The van der Waals surface area contributed by atoms with Crippen LogP contribution in [-0.4, -0.2) is 30.1 Å². The molecule has 0 spiro atoms. The van der Waals surface area contributed by atoms with Gasteiger partial charge in [0.2, 0.25) is 0 Å². The summed E-state index contributed by atoms with van der Waals surface area (Å²) in [5, 5.41) is 3.54. The lowest BCUT2D eigenvalue weighted by atomic mass is 9.98. The number of piperazine rings is 1. The Balaban J connectivity index is 2.06. The third-order valence-electron chi connectivity index (χ3n) is 3.72. The average Bonchev–Trinajstić information content (AvgIpc) is 2.32. The molecule has 0 amide bonds. The Bertz CT molecular complexity index is 375. The lowest BCUT2D eigenvalue weighted by molar-refractivity contribution is 0.0956.